The Kier molecular flexibility index (Phi) is 44.2. The zero-order chi connectivity index (χ0) is 43.1. The minimum absolute atomic E-state index is 0.0554. The van der Waals surface area contributed by atoms with Crippen LogP contribution in [0.5, 0.6) is 0 Å². The highest BCUT2D eigenvalue weighted by Crippen LogP contribution is 2.17. The summed E-state index contributed by atoms with van der Waals surface area (Å²) in [4.78, 5) is 26.1. The van der Waals surface area contributed by atoms with Crippen molar-refractivity contribution in [3.05, 3.63) is 72.9 Å². The molecule has 1 amide bonds. The van der Waals surface area contributed by atoms with Gasteiger partial charge in [0.1, 0.15) is 6.10 Å². The van der Waals surface area contributed by atoms with E-state index >= 15 is 0 Å². The lowest BCUT2D eigenvalue weighted by Gasteiger charge is -2.24. The van der Waals surface area contributed by atoms with Gasteiger partial charge in [0.2, 0.25) is 5.91 Å². The number of aliphatic hydroxyl groups is 2. The van der Waals surface area contributed by atoms with Crippen molar-refractivity contribution in [2.45, 2.75) is 244 Å². The van der Waals surface area contributed by atoms with E-state index in [0.717, 1.165) is 109 Å². The second-order valence-electron chi connectivity index (χ2n) is 16.5. The molecule has 6 nitrogen and oxygen atoms in total. The van der Waals surface area contributed by atoms with Crippen molar-refractivity contribution in [3.8, 4) is 0 Å². The van der Waals surface area contributed by atoms with Gasteiger partial charge in [-0.2, -0.15) is 0 Å². The van der Waals surface area contributed by atoms with E-state index in [-0.39, 0.29) is 24.9 Å². The molecule has 0 aromatic rings. The Morgan fingerprint density at radius 2 is 1.00 bits per heavy atom. The molecule has 0 radical (unpaired) electrons. The van der Waals surface area contributed by atoms with Crippen LogP contribution in [0.15, 0.2) is 72.9 Å². The third-order valence-corrected chi connectivity index (χ3v) is 10.9. The third kappa shape index (κ3) is 41.8. The first-order valence-corrected chi connectivity index (χ1v) is 24.7. The van der Waals surface area contributed by atoms with Crippen LogP contribution in [0.4, 0.5) is 0 Å². The lowest BCUT2D eigenvalue weighted by molar-refractivity contribution is -0.151. The molecule has 0 spiro atoms. The molecule has 0 saturated heterocycles. The molecule has 0 saturated carbocycles. The number of aliphatic hydroxyl groups excluding tert-OH is 2. The molecule has 0 fully saturated rings. The molecule has 3 atom stereocenters. The molecule has 59 heavy (non-hydrogen) atoms. The number of unbranched alkanes of at least 4 members (excludes halogenated alkanes) is 22. The van der Waals surface area contributed by atoms with Crippen molar-refractivity contribution in [2.24, 2.45) is 0 Å². The Bertz CT molecular complexity index is 1110. The van der Waals surface area contributed by atoms with Crippen molar-refractivity contribution >= 4 is 11.9 Å². The monoisotopic (exact) mass is 824 g/mol. The Hall–Kier alpha value is -2.70. The lowest BCUT2D eigenvalue weighted by atomic mass is 10.0. The van der Waals surface area contributed by atoms with Gasteiger partial charge in [0.15, 0.2) is 0 Å². The first-order valence-electron chi connectivity index (χ1n) is 24.7. The molecule has 0 aliphatic rings. The summed E-state index contributed by atoms with van der Waals surface area (Å²) in [6.45, 7) is 6.22. The van der Waals surface area contributed by atoms with Crippen molar-refractivity contribution in [3.63, 3.8) is 0 Å². The molecule has 0 aliphatic carbocycles. The van der Waals surface area contributed by atoms with E-state index in [0.29, 0.717) is 19.3 Å². The largest absolute Gasteiger partial charge is 0.462 e. The van der Waals surface area contributed by atoms with Gasteiger partial charge in [-0.15, -0.1) is 0 Å². The maximum atomic E-state index is 13.2. The number of nitrogens with one attached hydrogen (secondary N) is 1. The van der Waals surface area contributed by atoms with Gasteiger partial charge in [-0.3, -0.25) is 9.59 Å². The zero-order valence-electron chi connectivity index (χ0n) is 38.6. The van der Waals surface area contributed by atoms with E-state index < -0.39 is 18.2 Å². The fraction of sp³-hybridized carbons (Fsp3) is 0.736. The van der Waals surface area contributed by atoms with Crippen LogP contribution in [0.25, 0.3) is 0 Å². The predicted octanol–water partition coefficient (Wildman–Crippen LogP) is 14.6. The number of hydrogen-bond acceptors (Lipinski definition) is 5. The molecule has 340 valence electrons. The van der Waals surface area contributed by atoms with Crippen molar-refractivity contribution in [2.75, 3.05) is 6.61 Å². The molecule has 0 rings (SSSR count). The first kappa shape index (κ1) is 56.3. The van der Waals surface area contributed by atoms with Crippen LogP contribution in [-0.2, 0) is 14.3 Å². The third-order valence-electron chi connectivity index (χ3n) is 10.9. The molecule has 0 aromatic carbocycles. The number of allylic oxidation sites excluding steroid dienone is 12. The van der Waals surface area contributed by atoms with Crippen LogP contribution in [0.3, 0.4) is 0 Å². The smallest absolute Gasteiger partial charge is 0.306 e. The normalized spacial score (nSPS) is 13.9. The van der Waals surface area contributed by atoms with E-state index in [1.54, 1.807) is 0 Å². The minimum Gasteiger partial charge on any atom is -0.462 e. The van der Waals surface area contributed by atoms with Crippen molar-refractivity contribution in [1.82, 2.24) is 5.32 Å². The number of rotatable bonds is 43. The minimum atomic E-state index is -0.798. The van der Waals surface area contributed by atoms with Crippen LogP contribution in [-0.4, -0.2) is 46.9 Å². The van der Waals surface area contributed by atoms with Gasteiger partial charge in [0.25, 0.3) is 0 Å². The molecule has 0 aromatic heterocycles. The Morgan fingerprint density at radius 3 is 1.58 bits per heavy atom. The average Bonchev–Trinajstić information content (AvgIpc) is 3.23. The highest BCUT2D eigenvalue weighted by atomic mass is 16.5. The summed E-state index contributed by atoms with van der Waals surface area (Å²) in [6, 6.07) is -0.713. The van der Waals surface area contributed by atoms with E-state index in [4.69, 9.17) is 4.74 Å². The number of carbonyl (C=O) groups is 2. The van der Waals surface area contributed by atoms with E-state index in [2.05, 4.69) is 80.8 Å². The summed E-state index contributed by atoms with van der Waals surface area (Å²) in [5, 5.41) is 23.7. The Labute approximate surface area is 364 Å². The van der Waals surface area contributed by atoms with Crippen molar-refractivity contribution < 1.29 is 24.5 Å². The number of ether oxygens (including phenoxy) is 1. The summed E-state index contributed by atoms with van der Waals surface area (Å²) in [7, 11) is 0. The van der Waals surface area contributed by atoms with Gasteiger partial charge in [-0.25, -0.2) is 0 Å². The van der Waals surface area contributed by atoms with Crippen LogP contribution in [0, 0.1) is 0 Å². The predicted molar refractivity (Wildman–Crippen MR) is 255 cm³/mol. The maximum Gasteiger partial charge on any atom is 0.306 e. The number of carbonyl (C=O) groups excluding carboxylic acids is 2. The Balaban J connectivity index is 4.63. The van der Waals surface area contributed by atoms with Gasteiger partial charge in [-0.05, 0) is 70.6 Å². The summed E-state index contributed by atoms with van der Waals surface area (Å²) in [5.74, 6) is -0.518. The highest BCUT2D eigenvalue weighted by Gasteiger charge is 2.24. The molecule has 3 unspecified atom stereocenters. The second-order valence-corrected chi connectivity index (χ2v) is 16.5. The molecule has 6 heteroatoms. The van der Waals surface area contributed by atoms with Gasteiger partial charge in [0, 0.05) is 6.42 Å². The quantitative estimate of drug-likeness (QED) is 0.0246. The second kappa shape index (κ2) is 46.4. The first-order chi connectivity index (χ1) is 29.0. The fourth-order valence-corrected chi connectivity index (χ4v) is 7.18. The topological polar surface area (TPSA) is 95.9 Å². The van der Waals surface area contributed by atoms with E-state index in [9.17, 15) is 19.8 Å². The van der Waals surface area contributed by atoms with Gasteiger partial charge in [-0.1, -0.05) is 216 Å². The average molecular weight is 824 g/mol. The fourth-order valence-electron chi connectivity index (χ4n) is 7.18. The standard InChI is InChI=1S/C53H93NO5/c1-4-7-10-13-16-19-22-25-26-28-31-34-37-40-43-46-53(58)59-49(44-41-38-35-32-29-24-21-18-15-12-9-6-3)47-52(57)54-50(48-55)51(56)45-42-39-36-33-30-27-23-20-17-14-11-8-5-2/h7,9-10,12-13,16,18-19,21-22,25-26,49-51,55-56H,4-6,8,11,14-15,17,20,23-24,27-48H2,1-3H3,(H,54,57)/b10-7+,12-9+,16-13+,21-18+,22-19+,26-25-. The maximum absolute atomic E-state index is 13.2. The summed E-state index contributed by atoms with van der Waals surface area (Å²) >= 11 is 0. The van der Waals surface area contributed by atoms with Gasteiger partial charge in [0.05, 0.1) is 25.2 Å². The van der Waals surface area contributed by atoms with Crippen LogP contribution < -0.4 is 5.32 Å². The van der Waals surface area contributed by atoms with Gasteiger partial charge < -0.3 is 20.3 Å². The molecule has 0 bridgehead atoms. The van der Waals surface area contributed by atoms with Gasteiger partial charge >= 0.3 is 5.97 Å². The number of amides is 1. The highest BCUT2D eigenvalue weighted by molar-refractivity contribution is 5.77. The number of hydrogen-bond donors (Lipinski definition) is 3. The van der Waals surface area contributed by atoms with Crippen LogP contribution in [0.1, 0.15) is 226 Å². The Morgan fingerprint density at radius 1 is 0.525 bits per heavy atom. The summed E-state index contributed by atoms with van der Waals surface area (Å²) in [6.07, 6.45) is 58.1. The van der Waals surface area contributed by atoms with Crippen molar-refractivity contribution in [1.29, 1.82) is 0 Å². The van der Waals surface area contributed by atoms with Crippen LogP contribution in [0.2, 0.25) is 0 Å². The molecular formula is C53H93NO5. The zero-order valence-corrected chi connectivity index (χ0v) is 38.6. The summed E-state index contributed by atoms with van der Waals surface area (Å²) in [5.41, 5.74) is 0. The van der Waals surface area contributed by atoms with Crippen LogP contribution >= 0.6 is 0 Å². The lowest BCUT2D eigenvalue weighted by Crippen LogP contribution is -2.46. The number of esters is 1. The SMILES string of the molecule is CC/C=C/C=C/C=C/C=C\CCCCCCCC(=O)OC(CCCCCCC/C=C/C/C=C/CC)CC(=O)NC(CO)C(O)CCCCCCCCCCCCCCC. The molecule has 3 N–H and O–H groups in total. The molecule has 0 aliphatic heterocycles. The summed E-state index contributed by atoms with van der Waals surface area (Å²) < 4.78 is 5.91. The van der Waals surface area contributed by atoms with E-state index in [1.807, 2.05) is 18.2 Å². The molecular weight excluding hydrogens is 731 g/mol. The van der Waals surface area contributed by atoms with E-state index in [1.165, 1.54) is 70.6 Å². The molecule has 0 heterocycles.